The van der Waals surface area contributed by atoms with Gasteiger partial charge in [-0.1, -0.05) is 27.2 Å². The van der Waals surface area contributed by atoms with Crippen LogP contribution in [0.2, 0.25) is 0 Å². The average Bonchev–Trinajstić information content (AvgIpc) is 3.28. The first-order valence-electron chi connectivity index (χ1n) is 14.1. The van der Waals surface area contributed by atoms with E-state index in [0.717, 1.165) is 0 Å². The first-order valence-corrected chi connectivity index (χ1v) is 14.1. The topological polar surface area (TPSA) is 140 Å². The molecule has 42 heavy (non-hydrogen) atoms. The maximum Gasteiger partial charge on any atom is 0.258 e. The highest BCUT2D eigenvalue weighted by Gasteiger charge is 2.37. The molecule has 0 spiro atoms. The first-order chi connectivity index (χ1) is 19.6. The Hall–Kier alpha value is -3.42. The van der Waals surface area contributed by atoms with Crippen LogP contribution in [0.15, 0.2) is 0 Å². The lowest BCUT2D eigenvalue weighted by Gasteiger charge is -2.27. The van der Waals surface area contributed by atoms with E-state index in [9.17, 15) is 41.8 Å². The fraction of sp³-hybridized carbons (Fsp3) is 0.643. The Morgan fingerprint density at radius 1 is 0.905 bits per heavy atom. The molecule has 0 aromatic heterocycles. The van der Waals surface area contributed by atoms with Crippen molar-refractivity contribution in [1.29, 1.82) is 0 Å². The third kappa shape index (κ3) is 8.33. The molecule has 4 amide bonds. The van der Waals surface area contributed by atoms with Crippen LogP contribution in [0.3, 0.4) is 0 Å². The van der Waals surface area contributed by atoms with Gasteiger partial charge in [-0.25, -0.2) is 8.78 Å². The van der Waals surface area contributed by atoms with Crippen LogP contribution in [0.4, 0.5) is 17.6 Å². The highest BCUT2D eigenvalue weighted by atomic mass is 19.2. The van der Waals surface area contributed by atoms with Gasteiger partial charge in [0, 0.05) is 25.2 Å². The minimum absolute atomic E-state index is 0.00752. The zero-order valence-electron chi connectivity index (χ0n) is 24.7. The summed E-state index contributed by atoms with van der Waals surface area (Å²) in [6.45, 7) is 11.7. The van der Waals surface area contributed by atoms with Gasteiger partial charge in [0.15, 0.2) is 17.4 Å². The quantitative estimate of drug-likeness (QED) is 0.173. The number of nitrogens with zero attached hydrogens (tertiary/aromatic N) is 1. The Bertz CT molecular complexity index is 1140. The van der Waals surface area contributed by atoms with Crippen molar-refractivity contribution in [3.63, 3.8) is 0 Å². The van der Waals surface area contributed by atoms with Gasteiger partial charge >= 0.3 is 0 Å². The molecule has 0 saturated carbocycles. The summed E-state index contributed by atoms with van der Waals surface area (Å²) >= 11 is 0. The summed E-state index contributed by atoms with van der Waals surface area (Å²) in [6.07, 6.45) is 1.28. The van der Waals surface area contributed by atoms with Crippen molar-refractivity contribution >= 4 is 23.6 Å². The lowest BCUT2D eigenvalue weighted by molar-refractivity contribution is -0.130. The van der Waals surface area contributed by atoms with E-state index in [4.69, 9.17) is 0 Å². The van der Waals surface area contributed by atoms with Crippen LogP contribution >= 0.6 is 0 Å². The number of amides is 4. The number of nitrogens with one attached hydrogen (secondary N) is 4. The number of carbonyl (C=O) groups excluding carboxylic acids is 4. The standard InChI is InChI=1S/C28H41F4N5O5/c1-7-9-17(26(40)34-16-11-14(5)37(12-16)15(6)25(39)33-8-2)35-27(41)18(10-13(3)4)36-28(42)19-20(29)22(31)24(38)23(32)21(19)30/h13-18,38H,7-12H2,1-6H3,(H,33,39)(H,34,40)(H,35,41)(H,36,42)/t14?,15-,16-,17-,18-/m0/s1. The van der Waals surface area contributed by atoms with E-state index in [0.29, 0.717) is 25.9 Å². The maximum atomic E-state index is 14.3. The zero-order chi connectivity index (χ0) is 31.9. The van der Waals surface area contributed by atoms with E-state index in [-0.39, 0.29) is 36.8 Å². The lowest BCUT2D eigenvalue weighted by atomic mass is 10.0. The van der Waals surface area contributed by atoms with Gasteiger partial charge in [-0.2, -0.15) is 8.78 Å². The van der Waals surface area contributed by atoms with Gasteiger partial charge in [0.2, 0.25) is 29.4 Å². The van der Waals surface area contributed by atoms with Gasteiger partial charge in [-0.15, -0.1) is 0 Å². The van der Waals surface area contributed by atoms with Crippen LogP contribution in [-0.2, 0) is 14.4 Å². The number of hydrogen-bond donors (Lipinski definition) is 5. The molecule has 1 aliphatic heterocycles. The Kier molecular flexibility index (Phi) is 12.6. The summed E-state index contributed by atoms with van der Waals surface area (Å²) in [6, 6.07) is -3.12. The Morgan fingerprint density at radius 3 is 2.02 bits per heavy atom. The molecule has 1 heterocycles. The summed E-state index contributed by atoms with van der Waals surface area (Å²) in [4.78, 5) is 53.4. The highest BCUT2D eigenvalue weighted by molar-refractivity contribution is 5.99. The second-order valence-electron chi connectivity index (χ2n) is 11.0. The molecule has 0 radical (unpaired) electrons. The van der Waals surface area contributed by atoms with Gasteiger partial charge < -0.3 is 26.4 Å². The molecule has 2 rings (SSSR count). The molecule has 0 aliphatic carbocycles. The predicted molar refractivity (Wildman–Crippen MR) is 146 cm³/mol. The van der Waals surface area contributed by atoms with Crippen molar-refractivity contribution in [3.05, 3.63) is 28.8 Å². The second kappa shape index (κ2) is 15.2. The van der Waals surface area contributed by atoms with E-state index < -0.39 is 70.4 Å². The molecule has 14 heteroatoms. The SMILES string of the molecule is CCC[C@H](NC(=O)[C@H](CC(C)C)NC(=O)c1c(F)c(F)c(O)c(F)c1F)C(=O)N[C@H]1CC(C)N([C@@H](C)C(=O)NCC)C1. The van der Waals surface area contributed by atoms with Gasteiger partial charge in [0.1, 0.15) is 17.6 Å². The number of likely N-dealkylation sites (N-methyl/N-ethyl adjacent to an activating group) is 1. The van der Waals surface area contributed by atoms with E-state index in [1.165, 1.54) is 0 Å². The Morgan fingerprint density at radius 2 is 1.50 bits per heavy atom. The molecule has 5 N–H and O–H groups in total. The molecule has 1 saturated heterocycles. The van der Waals surface area contributed by atoms with E-state index >= 15 is 0 Å². The third-order valence-electron chi connectivity index (χ3n) is 7.20. The highest BCUT2D eigenvalue weighted by Crippen LogP contribution is 2.29. The molecule has 10 nitrogen and oxygen atoms in total. The number of rotatable bonds is 13. The predicted octanol–water partition coefficient (Wildman–Crippen LogP) is 2.48. The van der Waals surface area contributed by atoms with Crippen molar-refractivity contribution in [2.24, 2.45) is 5.92 Å². The van der Waals surface area contributed by atoms with Crippen molar-refractivity contribution < 1.29 is 41.8 Å². The number of phenols is 1. The summed E-state index contributed by atoms with van der Waals surface area (Å²) in [5.74, 6) is -13.7. The van der Waals surface area contributed by atoms with Gasteiger partial charge in [-0.05, 0) is 46.0 Å². The largest absolute Gasteiger partial charge is 0.503 e. The number of halogens is 4. The normalized spacial score (nSPS) is 19.2. The van der Waals surface area contributed by atoms with Crippen LogP contribution in [0.25, 0.3) is 0 Å². The Labute approximate surface area is 243 Å². The van der Waals surface area contributed by atoms with Crippen LogP contribution in [0.5, 0.6) is 5.75 Å². The molecule has 5 atom stereocenters. The van der Waals surface area contributed by atoms with Crippen LogP contribution < -0.4 is 21.3 Å². The number of aromatic hydroxyl groups is 1. The van der Waals surface area contributed by atoms with Crippen LogP contribution in [0, 0.1) is 29.2 Å². The van der Waals surface area contributed by atoms with E-state index in [1.54, 1.807) is 27.7 Å². The molecule has 1 aromatic carbocycles. The molecular formula is C28H41F4N5O5. The molecule has 236 valence electrons. The summed E-state index contributed by atoms with van der Waals surface area (Å²) in [7, 11) is 0. The minimum Gasteiger partial charge on any atom is -0.503 e. The molecule has 1 fully saturated rings. The number of benzene rings is 1. The summed E-state index contributed by atoms with van der Waals surface area (Å²) in [5.41, 5.74) is -1.63. The Balaban J connectivity index is 2.17. The lowest BCUT2D eigenvalue weighted by Crippen LogP contribution is -2.55. The molecule has 1 aromatic rings. The summed E-state index contributed by atoms with van der Waals surface area (Å²) < 4.78 is 56.2. The fourth-order valence-electron chi connectivity index (χ4n) is 5.06. The number of likely N-dealkylation sites (tertiary alicyclic amines) is 1. The monoisotopic (exact) mass is 603 g/mol. The van der Waals surface area contributed by atoms with Crippen molar-refractivity contribution in [2.75, 3.05) is 13.1 Å². The van der Waals surface area contributed by atoms with Crippen molar-refractivity contribution in [1.82, 2.24) is 26.2 Å². The summed E-state index contributed by atoms with van der Waals surface area (Å²) in [5, 5.41) is 19.6. The maximum absolute atomic E-state index is 14.3. The average molecular weight is 604 g/mol. The zero-order valence-corrected chi connectivity index (χ0v) is 24.7. The van der Waals surface area contributed by atoms with Crippen LogP contribution in [-0.4, -0.2) is 76.9 Å². The second-order valence-corrected chi connectivity index (χ2v) is 11.0. The van der Waals surface area contributed by atoms with E-state index in [2.05, 4.69) is 21.3 Å². The minimum atomic E-state index is -2.15. The van der Waals surface area contributed by atoms with Gasteiger partial charge in [-0.3, -0.25) is 24.1 Å². The number of phenolic OH excluding ortho intramolecular Hbond substituents is 1. The van der Waals surface area contributed by atoms with Gasteiger partial charge in [0.05, 0.1) is 6.04 Å². The molecule has 1 aliphatic rings. The van der Waals surface area contributed by atoms with Crippen molar-refractivity contribution in [3.8, 4) is 5.75 Å². The molecule has 0 bridgehead atoms. The van der Waals surface area contributed by atoms with Gasteiger partial charge in [0.25, 0.3) is 5.91 Å². The van der Waals surface area contributed by atoms with E-state index in [1.807, 2.05) is 18.7 Å². The number of hydrogen-bond acceptors (Lipinski definition) is 6. The number of carbonyl (C=O) groups is 4. The smallest absolute Gasteiger partial charge is 0.258 e. The third-order valence-corrected chi connectivity index (χ3v) is 7.20. The molecule has 1 unspecified atom stereocenters. The molecular weight excluding hydrogens is 562 g/mol. The fourth-order valence-corrected chi connectivity index (χ4v) is 5.06. The van der Waals surface area contributed by atoms with Crippen molar-refractivity contribution in [2.45, 2.75) is 97.4 Å². The van der Waals surface area contributed by atoms with Crippen LogP contribution in [0.1, 0.15) is 77.6 Å². The first kappa shape index (κ1) is 34.8.